The number of carbonyl (C=O) groups is 1. The first-order chi connectivity index (χ1) is 12.2. The van der Waals surface area contributed by atoms with E-state index in [1.165, 1.54) is 63.4 Å². The molecule has 142 valence electrons. The molecule has 0 saturated heterocycles. The van der Waals surface area contributed by atoms with Crippen LogP contribution in [0.3, 0.4) is 0 Å². The summed E-state index contributed by atoms with van der Waals surface area (Å²) in [6.07, 6.45) is 14.9. The van der Waals surface area contributed by atoms with Crippen LogP contribution in [0.15, 0.2) is 30.3 Å². The summed E-state index contributed by atoms with van der Waals surface area (Å²) < 4.78 is 5.41. The monoisotopic (exact) mass is 346 g/mol. The van der Waals surface area contributed by atoms with E-state index >= 15 is 0 Å². The van der Waals surface area contributed by atoms with Crippen LogP contribution in [0.25, 0.3) is 0 Å². The van der Waals surface area contributed by atoms with Gasteiger partial charge < -0.3 is 4.74 Å². The lowest BCUT2D eigenvalue weighted by atomic mass is 10.0. The molecule has 1 aromatic rings. The molecule has 0 radical (unpaired) electrons. The van der Waals surface area contributed by atoms with Crippen LogP contribution in [0.2, 0.25) is 0 Å². The standard InChI is InChI=1S/C23H38O2/c1-3-4-5-6-7-8-9-10-11-12-16-19-23(24)25-20-21(2)22-17-14-13-15-18-22/h13-15,17-18,21H,3-12,16,19-20H2,1-2H3. The molecule has 0 heterocycles. The Balaban J connectivity index is 1.90. The first kappa shape index (κ1) is 21.7. The summed E-state index contributed by atoms with van der Waals surface area (Å²) in [7, 11) is 0. The maximum Gasteiger partial charge on any atom is 0.305 e. The summed E-state index contributed by atoms with van der Waals surface area (Å²) in [6.45, 7) is 4.85. The van der Waals surface area contributed by atoms with Crippen molar-refractivity contribution < 1.29 is 9.53 Å². The van der Waals surface area contributed by atoms with Crippen molar-refractivity contribution in [3.05, 3.63) is 35.9 Å². The average molecular weight is 347 g/mol. The van der Waals surface area contributed by atoms with Crippen molar-refractivity contribution in [3.63, 3.8) is 0 Å². The third-order valence-corrected chi connectivity index (χ3v) is 4.85. The molecule has 0 aliphatic heterocycles. The Kier molecular flexibility index (Phi) is 13.0. The Morgan fingerprint density at radius 3 is 1.92 bits per heavy atom. The molecule has 1 atom stereocenters. The van der Waals surface area contributed by atoms with Crippen LogP contribution >= 0.6 is 0 Å². The third kappa shape index (κ3) is 11.8. The van der Waals surface area contributed by atoms with Gasteiger partial charge in [-0.1, -0.05) is 108 Å². The molecule has 0 fully saturated rings. The van der Waals surface area contributed by atoms with E-state index in [1.54, 1.807) is 0 Å². The van der Waals surface area contributed by atoms with E-state index in [4.69, 9.17) is 4.74 Å². The van der Waals surface area contributed by atoms with Crippen molar-refractivity contribution in [2.24, 2.45) is 0 Å². The second kappa shape index (κ2) is 15.0. The van der Waals surface area contributed by atoms with Gasteiger partial charge in [-0.2, -0.15) is 0 Å². The summed E-state index contributed by atoms with van der Waals surface area (Å²) in [5.74, 6) is 0.223. The molecule has 0 N–H and O–H groups in total. The van der Waals surface area contributed by atoms with E-state index in [2.05, 4.69) is 26.0 Å². The zero-order valence-corrected chi connectivity index (χ0v) is 16.5. The number of hydrogen-bond donors (Lipinski definition) is 0. The number of rotatable bonds is 15. The number of carbonyl (C=O) groups excluding carboxylic acids is 1. The molecule has 0 bridgehead atoms. The maximum atomic E-state index is 11.8. The van der Waals surface area contributed by atoms with Gasteiger partial charge in [0.05, 0.1) is 6.61 Å². The highest BCUT2D eigenvalue weighted by molar-refractivity contribution is 5.69. The molecular weight excluding hydrogens is 308 g/mol. The van der Waals surface area contributed by atoms with Crippen LogP contribution in [0.1, 0.15) is 102 Å². The van der Waals surface area contributed by atoms with E-state index in [0.29, 0.717) is 13.0 Å². The Morgan fingerprint density at radius 1 is 0.840 bits per heavy atom. The van der Waals surface area contributed by atoms with Crippen LogP contribution in [-0.2, 0) is 9.53 Å². The van der Waals surface area contributed by atoms with E-state index in [-0.39, 0.29) is 11.9 Å². The molecule has 1 unspecified atom stereocenters. The van der Waals surface area contributed by atoms with Gasteiger partial charge in [0.15, 0.2) is 0 Å². The van der Waals surface area contributed by atoms with Gasteiger partial charge in [-0.3, -0.25) is 4.79 Å². The molecule has 2 nitrogen and oxygen atoms in total. The fourth-order valence-corrected chi connectivity index (χ4v) is 3.10. The van der Waals surface area contributed by atoms with Crippen LogP contribution < -0.4 is 0 Å². The first-order valence-electron chi connectivity index (χ1n) is 10.4. The normalized spacial score (nSPS) is 12.1. The van der Waals surface area contributed by atoms with Crippen LogP contribution in [0.4, 0.5) is 0 Å². The fraction of sp³-hybridized carbons (Fsp3) is 0.696. The van der Waals surface area contributed by atoms with Crippen LogP contribution in [0, 0.1) is 0 Å². The second-order valence-electron chi connectivity index (χ2n) is 7.28. The van der Waals surface area contributed by atoms with Gasteiger partial charge in [-0.25, -0.2) is 0 Å². The highest BCUT2D eigenvalue weighted by Gasteiger charge is 2.09. The number of ether oxygens (including phenoxy) is 1. The van der Waals surface area contributed by atoms with Crippen molar-refractivity contribution in [3.8, 4) is 0 Å². The van der Waals surface area contributed by atoms with Crippen molar-refractivity contribution >= 4 is 5.97 Å². The Labute approximate surface area is 155 Å². The molecule has 25 heavy (non-hydrogen) atoms. The second-order valence-corrected chi connectivity index (χ2v) is 7.28. The SMILES string of the molecule is CCCCCCCCCCCCCC(=O)OCC(C)c1ccccc1. The molecule has 0 aromatic heterocycles. The Hall–Kier alpha value is -1.31. The predicted octanol–water partition coefficient (Wildman–Crippen LogP) is 7.03. The zero-order chi connectivity index (χ0) is 18.2. The van der Waals surface area contributed by atoms with Gasteiger partial charge in [0.25, 0.3) is 0 Å². The molecule has 1 aromatic carbocycles. The minimum absolute atomic E-state index is 0.0429. The summed E-state index contributed by atoms with van der Waals surface area (Å²) in [5, 5.41) is 0. The maximum absolute atomic E-state index is 11.8. The summed E-state index contributed by atoms with van der Waals surface area (Å²) in [5.41, 5.74) is 1.23. The van der Waals surface area contributed by atoms with Gasteiger partial charge in [0, 0.05) is 12.3 Å². The lowest BCUT2D eigenvalue weighted by Crippen LogP contribution is -2.10. The molecule has 1 rings (SSSR count). The summed E-state index contributed by atoms with van der Waals surface area (Å²) >= 11 is 0. The van der Waals surface area contributed by atoms with Crippen molar-refractivity contribution in [1.82, 2.24) is 0 Å². The topological polar surface area (TPSA) is 26.3 Å². The number of unbranched alkanes of at least 4 members (excludes halogenated alkanes) is 10. The average Bonchev–Trinajstić information content (AvgIpc) is 2.65. The van der Waals surface area contributed by atoms with E-state index in [1.807, 2.05) is 18.2 Å². The summed E-state index contributed by atoms with van der Waals surface area (Å²) in [4.78, 5) is 11.8. The van der Waals surface area contributed by atoms with Gasteiger partial charge in [0.1, 0.15) is 0 Å². The molecule has 0 amide bonds. The zero-order valence-electron chi connectivity index (χ0n) is 16.5. The van der Waals surface area contributed by atoms with Gasteiger partial charge in [-0.15, -0.1) is 0 Å². The van der Waals surface area contributed by atoms with Crippen molar-refractivity contribution in [1.29, 1.82) is 0 Å². The molecule has 2 heteroatoms. The highest BCUT2D eigenvalue weighted by Crippen LogP contribution is 2.16. The Morgan fingerprint density at radius 2 is 1.36 bits per heavy atom. The van der Waals surface area contributed by atoms with Gasteiger partial charge in [0.2, 0.25) is 0 Å². The summed E-state index contributed by atoms with van der Waals surface area (Å²) in [6, 6.07) is 10.2. The molecule has 0 saturated carbocycles. The minimum atomic E-state index is -0.0429. The van der Waals surface area contributed by atoms with Gasteiger partial charge in [-0.05, 0) is 12.0 Å². The van der Waals surface area contributed by atoms with E-state index in [0.717, 1.165) is 12.8 Å². The van der Waals surface area contributed by atoms with Crippen LogP contribution in [-0.4, -0.2) is 12.6 Å². The van der Waals surface area contributed by atoms with E-state index in [9.17, 15) is 4.79 Å². The fourth-order valence-electron chi connectivity index (χ4n) is 3.10. The predicted molar refractivity (Wildman–Crippen MR) is 107 cm³/mol. The van der Waals surface area contributed by atoms with Crippen molar-refractivity contribution in [2.75, 3.05) is 6.61 Å². The van der Waals surface area contributed by atoms with Crippen LogP contribution in [0.5, 0.6) is 0 Å². The third-order valence-electron chi connectivity index (χ3n) is 4.85. The largest absolute Gasteiger partial charge is 0.465 e. The quantitative estimate of drug-likeness (QED) is 0.251. The van der Waals surface area contributed by atoms with Gasteiger partial charge >= 0.3 is 5.97 Å². The van der Waals surface area contributed by atoms with Crippen molar-refractivity contribution in [2.45, 2.75) is 96.8 Å². The molecule has 0 spiro atoms. The molecule has 0 aliphatic rings. The smallest absolute Gasteiger partial charge is 0.305 e. The van der Waals surface area contributed by atoms with E-state index < -0.39 is 0 Å². The lowest BCUT2D eigenvalue weighted by Gasteiger charge is -2.12. The molecular formula is C23H38O2. The number of benzene rings is 1. The Bertz CT molecular complexity index is 427. The number of hydrogen-bond acceptors (Lipinski definition) is 2. The lowest BCUT2D eigenvalue weighted by molar-refractivity contribution is -0.144. The first-order valence-corrected chi connectivity index (χ1v) is 10.4. The molecule has 0 aliphatic carbocycles. The number of esters is 1. The minimum Gasteiger partial charge on any atom is -0.465 e. The highest BCUT2D eigenvalue weighted by atomic mass is 16.5.